The number of aromatic nitrogens is 2. The Kier molecular flexibility index (Phi) is 6.65. The van der Waals surface area contributed by atoms with E-state index in [2.05, 4.69) is 9.51 Å². The van der Waals surface area contributed by atoms with Crippen LogP contribution in [0.3, 0.4) is 0 Å². The van der Waals surface area contributed by atoms with E-state index in [-0.39, 0.29) is 12.4 Å². The average molecular weight is 380 g/mol. The summed E-state index contributed by atoms with van der Waals surface area (Å²) >= 11 is 0. The summed E-state index contributed by atoms with van der Waals surface area (Å²) in [6.45, 7) is -0.0282. The Morgan fingerprint density at radius 3 is 2.76 bits per heavy atom. The van der Waals surface area contributed by atoms with Crippen molar-refractivity contribution in [1.29, 1.82) is 0 Å². The van der Waals surface area contributed by atoms with Crippen LogP contribution < -0.4 is 17.2 Å². The molecular weight excluding hydrogens is 359 g/mol. The molecule has 0 unspecified atom stereocenters. The summed E-state index contributed by atoms with van der Waals surface area (Å²) in [5.41, 5.74) is 10.1. The van der Waals surface area contributed by atoms with Gasteiger partial charge in [0.05, 0.1) is 6.61 Å². The molecule has 0 aliphatic carbocycles. The molecule has 1 aliphatic rings. The quantitative estimate of drug-likeness (QED) is 0.246. The molecular formula is C12H21N4O8P. The van der Waals surface area contributed by atoms with Crippen LogP contribution in [0.2, 0.25) is 0 Å². The zero-order valence-corrected chi connectivity index (χ0v) is 14.1. The molecule has 0 aromatic carbocycles. The predicted octanol–water partition coefficient (Wildman–Crippen LogP) is -2.07. The van der Waals surface area contributed by atoms with Gasteiger partial charge in [-0.2, -0.15) is 4.98 Å². The number of ether oxygens (including phenoxy) is 2. The Bertz CT molecular complexity index is 679. The molecule has 4 atom stereocenters. The molecule has 0 radical (unpaired) electrons. The van der Waals surface area contributed by atoms with E-state index in [1.54, 1.807) is 0 Å². The maximum atomic E-state index is 12.0. The highest BCUT2D eigenvalue weighted by molar-refractivity contribution is 7.46. The number of anilines is 1. The van der Waals surface area contributed by atoms with E-state index < -0.39 is 44.7 Å². The number of nitrogen functional groups attached to an aromatic ring is 1. The first-order chi connectivity index (χ1) is 11.7. The second kappa shape index (κ2) is 8.34. The van der Waals surface area contributed by atoms with E-state index in [1.807, 2.05) is 0 Å². The Morgan fingerprint density at radius 1 is 1.44 bits per heavy atom. The van der Waals surface area contributed by atoms with Crippen molar-refractivity contribution in [1.82, 2.24) is 9.55 Å². The van der Waals surface area contributed by atoms with Gasteiger partial charge in [0.2, 0.25) is 0 Å². The lowest BCUT2D eigenvalue weighted by Gasteiger charge is -2.22. The summed E-state index contributed by atoms with van der Waals surface area (Å²) in [5, 5.41) is 10.3. The summed E-state index contributed by atoms with van der Waals surface area (Å²) in [5.74, 6) is 0.0155. The molecule has 0 spiro atoms. The van der Waals surface area contributed by atoms with Gasteiger partial charge in [-0.15, -0.1) is 0 Å². The summed E-state index contributed by atoms with van der Waals surface area (Å²) in [7, 11) is -4.74. The third-order valence-corrected chi connectivity index (χ3v) is 3.99. The Hall–Kier alpha value is -1.37. The van der Waals surface area contributed by atoms with E-state index in [0.717, 1.165) is 4.57 Å². The fourth-order valence-corrected chi connectivity index (χ4v) is 2.69. The monoisotopic (exact) mass is 380 g/mol. The molecule has 1 saturated heterocycles. The third kappa shape index (κ3) is 5.30. The van der Waals surface area contributed by atoms with Gasteiger partial charge in [-0.25, -0.2) is 9.36 Å². The molecule has 7 N–H and O–H groups in total. The summed E-state index contributed by atoms with van der Waals surface area (Å²) < 4.78 is 27.4. The number of hydrogen-bond acceptors (Lipinski definition) is 9. The molecule has 1 aliphatic heterocycles. The first-order valence-electron chi connectivity index (χ1n) is 7.43. The van der Waals surface area contributed by atoms with Gasteiger partial charge in [0, 0.05) is 12.8 Å². The van der Waals surface area contributed by atoms with Crippen molar-refractivity contribution in [2.75, 3.05) is 25.5 Å². The largest absolute Gasteiger partial charge is 0.469 e. The van der Waals surface area contributed by atoms with Crippen LogP contribution in [0.25, 0.3) is 0 Å². The Balaban J connectivity index is 2.21. The molecule has 142 valence electrons. The molecule has 0 bridgehead atoms. The summed E-state index contributed by atoms with van der Waals surface area (Å²) in [6.07, 6.45) is -2.63. The maximum absolute atomic E-state index is 12.0. The van der Waals surface area contributed by atoms with Gasteiger partial charge < -0.3 is 35.8 Å². The van der Waals surface area contributed by atoms with Gasteiger partial charge in [0.1, 0.15) is 24.1 Å². The summed E-state index contributed by atoms with van der Waals surface area (Å²) in [4.78, 5) is 33.2. The highest BCUT2D eigenvalue weighted by Gasteiger charge is 2.46. The van der Waals surface area contributed by atoms with Crippen molar-refractivity contribution >= 4 is 13.6 Å². The van der Waals surface area contributed by atoms with E-state index in [4.69, 9.17) is 30.7 Å². The van der Waals surface area contributed by atoms with Crippen LogP contribution in [-0.4, -0.2) is 62.5 Å². The minimum Gasteiger partial charge on any atom is -0.387 e. The lowest BCUT2D eigenvalue weighted by molar-refractivity contribution is -0.0740. The van der Waals surface area contributed by atoms with Crippen LogP contribution in [0, 0.1) is 0 Å². The van der Waals surface area contributed by atoms with Gasteiger partial charge in [0.15, 0.2) is 6.23 Å². The number of rotatable bonds is 8. The van der Waals surface area contributed by atoms with Crippen molar-refractivity contribution in [3.8, 4) is 0 Å². The molecule has 1 aromatic rings. The van der Waals surface area contributed by atoms with E-state index in [1.165, 1.54) is 12.3 Å². The number of nitrogens with two attached hydrogens (primary N) is 2. The van der Waals surface area contributed by atoms with Gasteiger partial charge in [-0.1, -0.05) is 0 Å². The third-order valence-electron chi connectivity index (χ3n) is 3.50. The van der Waals surface area contributed by atoms with E-state index in [9.17, 15) is 14.5 Å². The van der Waals surface area contributed by atoms with Crippen LogP contribution in [-0.2, 0) is 18.6 Å². The second-order valence-corrected chi connectivity index (χ2v) is 6.60. The minimum absolute atomic E-state index is 0.0155. The first-order valence-corrected chi connectivity index (χ1v) is 8.96. The van der Waals surface area contributed by atoms with Gasteiger partial charge in [-0.3, -0.25) is 9.09 Å². The van der Waals surface area contributed by atoms with Crippen molar-refractivity contribution in [2.45, 2.75) is 31.0 Å². The van der Waals surface area contributed by atoms with Crippen LogP contribution in [0.4, 0.5) is 5.82 Å². The average Bonchev–Trinajstić information content (AvgIpc) is 2.82. The first kappa shape index (κ1) is 19.9. The zero-order valence-electron chi connectivity index (χ0n) is 13.2. The number of hydrogen-bond donors (Lipinski definition) is 5. The number of phosphoric ester groups is 1. The van der Waals surface area contributed by atoms with E-state index >= 15 is 0 Å². The highest BCUT2D eigenvalue weighted by atomic mass is 31.2. The van der Waals surface area contributed by atoms with Gasteiger partial charge >= 0.3 is 13.5 Å². The molecule has 0 saturated carbocycles. The predicted molar refractivity (Wildman–Crippen MR) is 84.2 cm³/mol. The van der Waals surface area contributed by atoms with Gasteiger partial charge in [0.25, 0.3) is 0 Å². The fourth-order valence-electron chi connectivity index (χ4n) is 2.35. The standard InChI is InChI=1S/C12H21N4O8P/c13-3-1-5-22-10-9(17)7(6-23-25(19,20)21)24-11(10)16-4-2-8(14)15-12(16)18/h2,4,7,9-11,17H,1,3,5-6,13H2,(H2,14,15,18)(H2,19,20,21)/t7-,9-,10-,11-/m1/s1. The lowest BCUT2D eigenvalue weighted by atomic mass is 10.1. The van der Waals surface area contributed by atoms with Gasteiger partial charge in [-0.05, 0) is 19.0 Å². The molecule has 25 heavy (non-hydrogen) atoms. The molecule has 1 fully saturated rings. The van der Waals surface area contributed by atoms with Crippen molar-refractivity contribution in [3.05, 3.63) is 22.7 Å². The fraction of sp³-hybridized carbons (Fsp3) is 0.667. The Morgan fingerprint density at radius 2 is 2.16 bits per heavy atom. The Labute approximate surface area is 142 Å². The molecule has 12 nitrogen and oxygen atoms in total. The topological polar surface area (TPSA) is 192 Å². The van der Waals surface area contributed by atoms with E-state index in [0.29, 0.717) is 13.0 Å². The second-order valence-electron chi connectivity index (χ2n) is 5.36. The number of phosphoric acid groups is 1. The van der Waals surface area contributed by atoms with Crippen LogP contribution >= 0.6 is 7.82 Å². The summed E-state index contributed by atoms with van der Waals surface area (Å²) in [6, 6.07) is 1.37. The van der Waals surface area contributed by atoms with Crippen LogP contribution in [0.1, 0.15) is 12.6 Å². The maximum Gasteiger partial charge on any atom is 0.469 e. The SMILES string of the molecule is NCCCO[C@@H]1[C@H](O)[C@@H](COP(=O)(O)O)O[C@H]1n1ccc(N)nc1=O. The molecule has 2 rings (SSSR count). The van der Waals surface area contributed by atoms with Crippen molar-refractivity contribution in [3.63, 3.8) is 0 Å². The smallest absolute Gasteiger partial charge is 0.387 e. The van der Waals surface area contributed by atoms with Crippen molar-refractivity contribution in [2.24, 2.45) is 5.73 Å². The normalized spacial score (nSPS) is 26.9. The highest BCUT2D eigenvalue weighted by Crippen LogP contribution is 2.38. The zero-order chi connectivity index (χ0) is 18.6. The molecule has 1 aromatic heterocycles. The number of aliphatic hydroxyl groups is 1. The number of aliphatic hydroxyl groups excluding tert-OH is 1. The number of nitrogens with zero attached hydrogens (tertiary/aromatic N) is 2. The van der Waals surface area contributed by atoms with Crippen LogP contribution in [0.5, 0.6) is 0 Å². The lowest BCUT2D eigenvalue weighted by Crippen LogP contribution is -2.38. The molecule has 0 amide bonds. The molecule has 2 heterocycles. The van der Waals surface area contributed by atoms with Crippen molar-refractivity contribution < 1.29 is 33.5 Å². The minimum atomic E-state index is -4.74. The molecule has 13 heteroatoms. The van der Waals surface area contributed by atoms with Crippen LogP contribution in [0.15, 0.2) is 17.1 Å².